The molecule has 0 spiro atoms. The Morgan fingerprint density at radius 2 is 2.15 bits per heavy atom. The first-order valence-corrected chi connectivity index (χ1v) is 12.2. The molecule has 182 valence electrons. The zero-order chi connectivity index (χ0) is 25.0. The number of carbonyl (C=O) groups is 1. The molecule has 34 heavy (non-hydrogen) atoms. The SMILES string of the molecule is CSc1ccc(C[C@H](C)C(=O)O)cc1Nc1nc(N2CC[C@H](N(C)C)C2)cc(C(F)F)c1C#N. The molecule has 2 N–H and O–H groups in total. The molecular formula is C24H29F2N5O2S. The zero-order valence-electron chi connectivity index (χ0n) is 19.7. The Bertz CT molecular complexity index is 1090. The molecule has 0 aliphatic carbocycles. The van der Waals surface area contributed by atoms with Crippen molar-refractivity contribution in [2.45, 2.75) is 37.1 Å². The monoisotopic (exact) mass is 489 g/mol. The number of halogens is 2. The highest BCUT2D eigenvalue weighted by Crippen LogP contribution is 2.36. The van der Waals surface area contributed by atoms with Crippen LogP contribution >= 0.6 is 11.8 Å². The number of anilines is 3. The van der Waals surface area contributed by atoms with E-state index in [1.165, 1.54) is 17.8 Å². The van der Waals surface area contributed by atoms with Gasteiger partial charge in [0.25, 0.3) is 6.43 Å². The third kappa shape index (κ3) is 5.77. The summed E-state index contributed by atoms with van der Waals surface area (Å²) in [5.41, 5.74) is 0.826. The number of hydrogen-bond acceptors (Lipinski definition) is 7. The third-order valence-corrected chi connectivity index (χ3v) is 6.88. The van der Waals surface area contributed by atoms with Crippen molar-refractivity contribution in [2.24, 2.45) is 5.92 Å². The van der Waals surface area contributed by atoms with Gasteiger partial charge in [0.2, 0.25) is 0 Å². The lowest BCUT2D eigenvalue weighted by molar-refractivity contribution is -0.141. The molecule has 2 aromatic rings. The van der Waals surface area contributed by atoms with E-state index in [0.29, 0.717) is 37.1 Å². The predicted molar refractivity (Wildman–Crippen MR) is 130 cm³/mol. The molecule has 2 heterocycles. The van der Waals surface area contributed by atoms with Crippen molar-refractivity contribution in [3.05, 3.63) is 41.0 Å². The smallest absolute Gasteiger partial charge is 0.306 e. The number of aliphatic carboxylic acids is 1. The fraction of sp³-hybridized carbons (Fsp3) is 0.458. The van der Waals surface area contributed by atoms with Gasteiger partial charge in [-0.25, -0.2) is 13.8 Å². The van der Waals surface area contributed by atoms with Gasteiger partial charge in [0, 0.05) is 29.6 Å². The maximum absolute atomic E-state index is 13.9. The largest absolute Gasteiger partial charge is 0.481 e. The molecule has 0 saturated carbocycles. The fourth-order valence-electron chi connectivity index (χ4n) is 4.01. The zero-order valence-corrected chi connectivity index (χ0v) is 20.5. The van der Waals surface area contributed by atoms with Crippen LogP contribution in [0.3, 0.4) is 0 Å². The molecule has 1 aromatic carbocycles. The first-order chi connectivity index (χ1) is 16.1. The number of carboxylic acids is 1. The summed E-state index contributed by atoms with van der Waals surface area (Å²) in [6.45, 7) is 2.97. The van der Waals surface area contributed by atoms with Crippen LogP contribution in [0.4, 0.5) is 26.1 Å². The minimum atomic E-state index is -2.83. The Hall–Kier alpha value is -2.90. The Kier molecular flexibility index (Phi) is 8.33. The number of rotatable bonds is 9. The van der Waals surface area contributed by atoms with Gasteiger partial charge in [-0.15, -0.1) is 11.8 Å². The highest BCUT2D eigenvalue weighted by atomic mass is 32.2. The first kappa shape index (κ1) is 25.7. The Morgan fingerprint density at radius 3 is 2.71 bits per heavy atom. The molecule has 7 nitrogen and oxygen atoms in total. The number of nitrogens with one attached hydrogen (secondary N) is 1. The van der Waals surface area contributed by atoms with Crippen LogP contribution in [-0.4, -0.2) is 60.4 Å². The maximum Gasteiger partial charge on any atom is 0.306 e. The molecule has 1 aliphatic rings. The second kappa shape index (κ2) is 11.0. The maximum atomic E-state index is 13.9. The molecule has 1 saturated heterocycles. The summed E-state index contributed by atoms with van der Waals surface area (Å²) in [5.74, 6) is -0.994. The molecule has 10 heteroatoms. The van der Waals surface area contributed by atoms with Crippen molar-refractivity contribution >= 4 is 35.1 Å². The standard InChI is InChI=1S/C24H29F2N5O2S/c1-14(24(32)33)9-15-5-6-20(34-4)19(10-15)28-23-18(12-27)17(22(25)26)11-21(29-23)31-8-7-16(13-31)30(2)3/h5-6,10-11,14,16,22H,7-9,13H2,1-4H3,(H,28,29)(H,32,33)/t14-,16-/m0/s1. The minimum absolute atomic E-state index is 0.0716. The van der Waals surface area contributed by atoms with E-state index in [1.807, 2.05) is 43.5 Å². The van der Waals surface area contributed by atoms with Gasteiger partial charge < -0.3 is 20.2 Å². The molecule has 1 aliphatic heterocycles. The minimum Gasteiger partial charge on any atom is -0.481 e. The van der Waals surface area contributed by atoms with Crippen molar-refractivity contribution in [2.75, 3.05) is 43.7 Å². The van der Waals surface area contributed by atoms with Crippen molar-refractivity contribution in [1.82, 2.24) is 9.88 Å². The molecule has 1 aromatic heterocycles. The number of hydrogen-bond donors (Lipinski definition) is 2. The number of likely N-dealkylation sites (N-methyl/N-ethyl adjacent to an activating group) is 1. The van der Waals surface area contributed by atoms with E-state index in [1.54, 1.807) is 13.0 Å². The van der Waals surface area contributed by atoms with Crippen LogP contribution < -0.4 is 10.2 Å². The van der Waals surface area contributed by atoms with Gasteiger partial charge in [-0.2, -0.15) is 5.26 Å². The third-order valence-electron chi connectivity index (χ3n) is 6.08. The van der Waals surface area contributed by atoms with E-state index >= 15 is 0 Å². The van der Waals surface area contributed by atoms with E-state index in [9.17, 15) is 23.9 Å². The van der Waals surface area contributed by atoms with Crippen LogP contribution in [0.15, 0.2) is 29.2 Å². The summed E-state index contributed by atoms with van der Waals surface area (Å²) in [5, 5.41) is 22.1. The summed E-state index contributed by atoms with van der Waals surface area (Å²) in [4.78, 5) is 20.8. The van der Waals surface area contributed by atoms with E-state index in [2.05, 4.69) is 15.2 Å². The summed E-state index contributed by atoms with van der Waals surface area (Å²) in [6.07, 6.45) is 0.263. The van der Waals surface area contributed by atoms with Crippen molar-refractivity contribution in [1.29, 1.82) is 5.26 Å². The van der Waals surface area contributed by atoms with Gasteiger partial charge in [0.05, 0.1) is 11.6 Å². The second-order valence-corrected chi connectivity index (χ2v) is 9.51. The molecule has 2 atom stereocenters. The Labute approximate surface area is 202 Å². The number of pyridine rings is 1. The second-order valence-electron chi connectivity index (χ2n) is 8.66. The summed E-state index contributed by atoms with van der Waals surface area (Å²) >= 11 is 1.45. The Balaban J connectivity index is 2.02. The molecule has 3 rings (SSSR count). The van der Waals surface area contributed by atoms with Gasteiger partial charge in [-0.3, -0.25) is 4.79 Å². The van der Waals surface area contributed by atoms with Gasteiger partial charge in [-0.1, -0.05) is 13.0 Å². The number of nitrogens with zero attached hydrogens (tertiary/aromatic N) is 4. The van der Waals surface area contributed by atoms with Gasteiger partial charge in [0.1, 0.15) is 17.5 Å². The number of thioether (sulfide) groups is 1. The van der Waals surface area contributed by atoms with Crippen molar-refractivity contribution < 1.29 is 18.7 Å². The van der Waals surface area contributed by atoms with E-state index in [0.717, 1.165) is 16.9 Å². The number of alkyl halides is 2. The van der Waals surface area contributed by atoms with Crippen LogP contribution in [0, 0.1) is 17.2 Å². The molecule has 0 amide bonds. The number of nitriles is 1. The molecular weight excluding hydrogens is 460 g/mol. The normalized spacial score (nSPS) is 16.7. The highest BCUT2D eigenvalue weighted by molar-refractivity contribution is 7.98. The molecule has 0 unspecified atom stereocenters. The van der Waals surface area contributed by atoms with Crippen LogP contribution in [0.5, 0.6) is 0 Å². The molecule has 0 bridgehead atoms. The van der Waals surface area contributed by atoms with E-state index in [-0.39, 0.29) is 16.9 Å². The quantitative estimate of drug-likeness (QED) is 0.487. The topological polar surface area (TPSA) is 92.5 Å². The molecule has 1 fully saturated rings. The van der Waals surface area contributed by atoms with Gasteiger partial charge in [-0.05, 0) is 57.0 Å². The van der Waals surface area contributed by atoms with Gasteiger partial charge >= 0.3 is 5.97 Å². The van der Waals surface area contributed by atoms with Crippen LogP contribution in [0.2, 0.25) is 0 Å². The van der Waals surface area contributed by atoms with Crippen molar-refractivity contribution in [3.63, 3.8) is 0 Å². The lowest BCUT2D eigenvalue weighted by Crippen LogP contribution is -2.31. The van der Waals surface area contributed by atoms with E-state index in [4.69, 9.17) is 0 Å². The first-order valence-electron chi connectivity index (χ1n) is 11.0. The Morgan fingerprint density at radius 1 is 1.41 bits per heavy atom. The number of aromatic nitrogens is 1. The lowest BCUT2D eigenvalue weighted by Gasteiger charge is -2.23. The van der Waals surface area contributed by atoms with Crippen LogP contribution in [-0.2, 0) is 11.2 Å². The average Bonchev–Trinajstić information content (AvgIpc) is 3.29. The lowest BCUT2D eigenvalue weighted by atomic mass is 10.0. The predicted octanol–water partition coefficient (Wildman–Crippen LogP) is 4.76. The highest BCUT2D eigenvalue weighted by Gasteiger charge is 2.28. The van der Waals surface area contributed by atoms with Gasteiger partial charge in [0.15, 0.2) is 5.82 Å². The van der Waals surface area contributed by atoms with Crippen molar-refractivity contribution in [3.8, 4) is 6.07 Å². The van der Waals surface area contributed by atoms with Crippen LogP contribution in [0.25, 0.3) is 0 Å². The fourth-order valence-corrected chi connectivity index (χ4v) is 4.55. The summed E-state index contributed by atoms with van der Waals surface area (Å²) < 4.78 is 27.9. The summed E-state index contributed by atoms with van der Waals surface area (Å²) in [7, 11) is 3.97. The number of carboxylic acid groups (broad SMARTS) is 1. The van der Waals surface area contributed by atoms with Crippen LogP contribution in [0.1, 0.15) is 36.5 Å². The molecule has 0 radical (unpaired) electrons. The summed E-state index contributed by atoms with van der Waals surface area (Å²) in [6, 6.07) is 8.99. The number of benzene rings is 1. The van der Waals surface area contributed by atoms with E-state index < -0.39 is 18.3 Å². The average molecular weight is 490 g/mol.